The molecule has 0 aliphatic carbocycles. The topological polar surface area (TPSA) is 46.6 Å². The zero-order valence-electron chi connectivity index (χ0n) is 21.9. The molecule has 0 saturated carbocycles. The lowest BCUT2D eigenvalue weighted by Crippen LogP contribution is -2.29. The van der Waals surface area contributed by atoms with Crippen LogP contribution in [0.5, 0.6) is 0 Å². The summed E-state index contributed by atoms with van der Waals surface area (Å²) < 4.78 is 5.51. The van der Waals surface area contributed by atoms with Crippen LogP contribution in [0.2, 0.25) is 0 Å². The van der Waals surface area contributed by atoms with E-state index in [0.29, 0.717) is 12.7 Å². The van der Waals surface area contributed by atoms with Crippen LogP contribution in [-0.2, 0) is 14.3 Å². The fourth-order valence-electron chi connectivity index (χ4n) is 2.75. The van der Waals surface area contributed by atoms with E-state index in [1.54, 1.807) is 45.1 Å². The maximum atomic E-state index is 12.3. The quantitative estimate of drug-likeness (QED) is 0.132. The Kier molecular flexibility index (Phi) is 23.2. The van der Waals surface area contributed by atoms with Crippen LogP contribution in [0.3, 0.4) is 0 Å². The third-order valence-electron chi connectivity index (χ3n) is 4.01. The minimum Gasteiger partial charge on any atom is -0.456 e. The van der Waals surface area contributed by atoms with E-state index < -0.39 is 11.6 Å². The molecule has 0 atom stereocenters. The molecule has 0 rings (SSSR count). The molecule has 0 unspecified atom stereocenters. The van der Waals surface area contributed by atoms with Gasteiger partial charge < -0.3 is 9.64 Å². The Hall–Kier alpha value is -2.46. The van der Waals surface area contributed by atoms with Gasteiger partial charge in [-0.3, -0.25) is 4.79 Å². The largest absolute Gasteiger partial charge is 0.456 e. The lowest BCUT2D eigenvalue weighted by atomic mass is 9.97. The van der Waals surface area contributed by atoms with E-state index in [0.717, 1.165) is 5.57 Å². The molecular formula is C28H47NO3. The smallest absolute Gasteiger partial charge is 0.339 e. The van der Waals surface area contributed by atoms with Gasteiger partial charge in [0, 0.05) is 12.0 Å². The summed E-state index contributed by atoms with van der Waals surface area (Å²) in [6, 6.07) is 0. The van der Waals surface area contributed by atoms with E-state index in [1.165, 1.54) is 32.0 Å². The fraction of sp³-hybridized carbons (Fsp3) is 0.500. The first-order valence-corrected chi connectivity index (χ1v) is 11.5. The predicted molar refractivity (Wildman–Crippen MR) is 141 cm³/mol. The van der Waals surface area contributed by atoms with Gasteiger partial charge in [-0.1, -0.05) is 83.9 Å². The molecule has 0 aromatic rings. The average Bonchev–Trinajstić information content (AvgIpc) is 2.75. The number of rotatable bonds is 13. The van der Waals surface area contributed by atoms with Crippen molar-refractivity contribution in [3.05, 3.63) is 72.9 Å². The number of carbonyl (C=O) groups excluding carboxylic acids is 2. The first-order chi connectivity index (χ1) is 15.2. The van der Waals surface area contributed by atoms with Crippen LogP contribution in [0.1, 0.15) is 67.7 Å². The number of carbonyl (C=O) groups is 2. The van der Waals surface area contributed by atoms with E-state index >= 15 is 0 Å². The Morgan fingerprint density at radius 2 is 1.56 bits per heavy atom. The van der Waals surface area contributed by atoms with Gasteiger partial charge >= 0.3 is 5.97 Å². The summed E-state index contributed by atoms with van der Waals surface area (Å²) in [7, 11) is 2.17. The zero-order valence-corrected chi connectivity index (χ0v) is 21.9. The van der Waals surface area contributed by atoms with Crippen LogP contribution in [-0.4, -0.2) is 42.9 Å². The van der Waals surface area contributed by atoms with Crippen molar-refractivity contribution in [1.82, 2.24) is 4.90 Å². The van der Waals surface area contributed by atoms with Gasteiger partial charge in [-0.2, -0.15) is 0 Å². The Bertz CT molecular complexity index is 646. The van der Waals surface area contributed by atoms with Crippen LogP contribution in [0, 0.1) is 0 Å². The maximum absolute atomic E-state index is 12.3. The highest BCUT2D eigenvalue weighted by molar-refractivity contribution is 5.99. The molecular weight excluding hydrogens is 398 g/mol. The number of ether oxygens (including phenoxy) is 1. The van der Waals surface area contributed by atoms with Gasteiger partial charge in [0.2, 0.25) is 0 Å². The zero-order chi connectivity index (χ0) is 25.6. The van der Waals surface area contributed by atoms with E-state index in [1.807, 2.05) is 19.9 Å². The first-order valence-electron chi connectivity index (χ1n) is 11.5. The molecule has 32 heavy (non-hydrogen) atoms. The highest BCUT2D eigenvalue weighted by Gasteiger charge is 2.25. The number of hydrogen-bond donors (Lipinski definition) is 0. The van der Waals surface area contributed by atoms with Gasteiger partial charge in [0.25, 0.3) is 0 Å². The summed E-state index contributed by atoms with van der Waals surface area (Å²) in [6.07, 6.45) is 13.3. The molecule has 0 fully saturated rings. The molecule has 0 saturated heterocycles. The molecule has 0 bridgehead atoms. The molecule has 0 aromatic heterocycles. The van der Waals surface area contributed by atoms with Crippen molar-refractivity contribution < 1.29 is 14.3 Å². The second-order valence-corrected chi connectivity index (χ2v) is 7.50. The summed E-state index contributed by atoms with van der Waals surface area (Å²) in [4.78, 5) is 25.7. The van der Waals surface area contributed by atoms with Gasteiger partial charge in [-0.05, 0) is 59.3 Å². The lowest BCUT2D eigenvalue weighted by Gasteiger charge is -2.26. The van der Waals surface area contributed by atoms with Crippen LogP contribution in [0.15, 0.2) is 72.9 Å². The minimum absolute atomic E-state index is 0.147. The van der Waals surface area contributed by atoms with E-state index in [4.69, 9.17) is 4.74 Å². The van der Waals surface area contributed by atoms with Crippen LogP contribution >= 0.6 is 0 Å². The molecule has 4 nitrogen and oxygen atoms in total. The fourth-order valence-corrected chi connectivity index (χ4v) is 2.75. The molecule has 0 radical (unpaired) electrons. The number of aldehydes is 1. The molecule has 0 aliphatic rings. The third-order valence-corrected chi connectivity index (χ3v) is 4.01. The Morgan fingerprint density at radius 3 is 1.91 bits per heavy atom. The Morgan fingerprint density at radius 1 is 1.03 bits per heavy atom. The van der Waals surface area contributed by atoms with Gasteiger partial charge in [-0.15, -0.1) is 0 Å². The summed E-state index contributed by atoms with van der Waals surface area (Å²) in [6.45, 7) is 27.2. The summed E-state index contributed by atoms with van der Waals surface area (Å²) in [5, 5.41) is 0. The maximum Gasteiger partial charge on any atom is 0.339 e. The molecule has 0 spiro atoms. The predicted octanol–water partition coefficient (Wildman–Crippen LogP) is 7.02. The molecule has 0 N–H and O–H groups in total. The lowest BCUT2D eigenvalue weighted by molar-refractivity contribution is -0.151. The highest BCUT2D eigenvalue weighted by Crippen LogP contribution is 2.23. The minimum atomic E-state index is -0.752. The van der Waals surface area contributed by atoms with Gasteiger partial charge in [-0.25, -0.2) is 4.79 Å². The second-order valence-electron chi connectivity index (χ2n) is 7.50. The monoisotopic (exact) mass is 445 g/mol. The van der Waals surface area contributed by atoms with Gasteiger partial charge in [0.05, 0.1) is 5.57 Å². The molecule has 4 heteroatoms. The first kappa shape index (κ1) is 34.2. The Labute approximate surface area is 198 Å². The molecule has 0 aromatic carbocycles. The van der Waals surface area contributed by atoms with Gasteiger partial charge in [0.1, 0.15) is 5.60 Å². The summed E-state index contributed by atoms with van der Waals surface area (Å²) >= 11 is 0. The van der Waals surface area contributed by atoms with Crippen molar-refractivity contribution in [2.75, 3.05) is 20.1 Å². The van der Waals surface area contributed by atoms with Crippen molar-refractivity contribution in [3.63, 3.8) is 0 Å². The van der Waals surface area contributed by atoms with E-state index in [-0.39, 0.29) is 11.1 Å². The van der Waals surface area contributed by atoms with Crippen LogP contribution in [0.25, 0.3) is 0 Å². The van der Waals surface area contributed by atoms with E-state index in [2.05, 4.69) is 45.5 Å². The van der Waals surface area contributed by atoms with Gasteiger partial charge in [0.15, 0.2) is 6.29 Å². The number of esters is 1. The van der Waals surface area contributed by atoms with Crippen molar-refractivity contribution in [2.45, 2.75) is 73.3 Å². The van der Waals surface area contributed by atoms with Crippen molar-refractivity contribution in [3.8, 4) is 0 Å². The number of hydrogen-bond acceptors (Lipinski definition) is 4. The molecule has 0 amide bonds. The van der Waals surface area contributed by atoms with Crippen molar-refractivity contribution in [1.29, 1.82) is 0 Å². The molecule has 182 valence electrons. The van der Waals surface area contributed by atoms with Crippen LogP contribution in [0.4, 0.5) is 0 Å². The number of allylic oxidation sites excluding steroid dienone is 6. The number of nitrogens with zero attached hydrogens (tertiary/aromatic N) is 1. The van der Waals surface area contributed by atoms with Crippen molar-refractivity contribution >= 4 is 12.3 Å². The Balaban J connectivity index is -0.000000703. The SMILES string of the molecule is C=C/C=C(\C=C)CC(C)(C)OC(=O)/C(C=C)=C(C=O)/C=C\C.CC.CCCN(C)CCC. The second kappa shape index (κ2) is 21.8. The summed E-state index contributed by atoms with van der Waals surface area (Å²) in [5.74, 6) is -0.581. The normalized spacial score (nSPS) is 12.0. The van der Waals surface area contributed by atoms with Crippen molar-refractivity contribution in [2.24, 2.45) is 0 Å². The third kappa shape index (κ3) is 17.2. The highest BCUT2D eigenvalue weighted by atomic mass is 16.6. The average molecular weight is 446 g/mol. The molecule has 0 aliphatic heterocycles. The van der Waals surface area contributed by atoms with E-state index in [9.17, 15) is 9.59 Å². The summed E-state index contributed by atoms with van der Waals surface area (Å²) in [5.41, 5.74) is 0.539. The van der Waals surface area contributed by atoms with Crippen LogP contribution < -0.4 is 0 Å². The standard InChI is InChI=1S/C19H24O3.C7H17N.C2H6/c1-7-11-15(9-3)13-19(5,6)22-18(21)17(10-4)16(14-20)12-8-2;1-4-6-8(3)7-5-2;1-2/h7-12,14H,1,3-4,13H2,2,5-6H3;4-7H2,1-3H3;1-2H3/b12-8-,15-11+,17-16-;;. The molecule has 0 heterocycles.